The Morgan fingerprint density at radius 1 is 1.00 bits per heavy atom. The summed E-state index contributed by atoms with van der Waals surface area (Å²) >= 11 is 0. The van der Waals surface area contributed by atoms with Gasteiger partial charge in [-0.2, -0.15) is 0 Å². The average Bonchev–Trinajstić information content (AvgIpc) is 3.10. The van der Waals surface area contributed by atoms with Crippen molar-refractivity contribution in [3.63, 3.8) is 0 Å². The molecule has 0 aliphatic heterocycles. The number of carbonyl (C=O) groups excluding carboxylic acids is 1. The molecule has 0 aromatic heterocycles. The number of ether oxygens (including phenoxy) is 2. The molecule has 1 saturated carbocycles. The second-order valence-corrected chi connectivity index (χ2v) is 7.69. The summed E-state index contributed by atoms with van der Waals surface area (Å²) in [5.74, 6) is 1.39. The molecule has 0 saturated heterocycles. The van der Waals surface area contributed by atoms with E-state index in [-0.39, 0.29) is 17.3 Å². The highest BCUT2D eigenvalue weighted by Gasteiger charge is 2.76. The summed E-state index contributed by atoms with van der Waals surface area (Å²) in [5.41, 5.74) is 1.23. The molecule has 0 spiro atoms. The lowest BCUT2D eigenvalue weighted by Crippen LogP contribution is -2.28. The Labute approximate surface area is 155 Å². The van der Waals surface area contributed by atoms with E-state index in [4.69, 9.17) is 9.47 Å². The Morgan fingerprint density at radius 3 is 2.27 bits per heavy atom. The minimum absolute atomic E-state index is 0.0967. The van der Waals surface area contributed by atoms with Gasteiger partial charge in [0.05, 0.1) is 7.11 Å². The van der Waals surface area contributed by atoms with E-state index in [1.165, 1.54) is 12.7 Å². The smallest absolute Gasteiger partial charge is 0.317 e. The summed E-state index contributed by atoms with van der Waals surface area (Å²) in [4.78, 5) is 12.9. The molecule has 0 radical (unpaired) electrons. The fourth-order valence-corrected chi connectivity index (χ4v) is 4.12. The first kappa shape index (κ1) is 18.2. The highest BCUT2D eigenvalue weighted by atomic mass is 16.5. The number of hydrogen-bond acceptors (Lipinski definition) is 3. The van der Waals surface area contributed by atoms with Gasteiger partial charge in [0.2, 0.25) is 0 Å². The maximum atomic E-state index is 12.9. The number of rotatable bonds is 5. The molecule has 3 nitrogen and oxygen atoms in total. The SMILES string of the molecule is COC(=O)C1(c2cccc(Oc3ccccc3)c2)C(C=C(C)C)C1(C)C. The lowest BCUT2D eigenvalue weighted by Gasteiger charge is -2.19. The van der Waals surface area contributed by atoms with E-state index < -0.39 is 5.41 Å². The van der Waals surface area contributed by atoms with E-state index in [9.17, 15) is 4.79 Å². The fraction of sp³-hybridized carbons (Fsp3) is 0.348. The van der Waals surface area contributed by atoms with Crippen molar-refractivity contribution in [2.75, 3.05) is 7.11 Å². The van der Waals surface area contributed by atoms with Crippen LogP contribution in [-0.4, -0.2) is 13.1 Å². The van der Waals surface area contributed by atoms with Gasteiger partial charge in [-0.1, -0.05) is 55.8 Å². The van der Waals surface area contributed by atoms with E-state index in [0.29, 0.717) is 0 Å². The van der Waals surface area contributed by atoms with Crippen LogP contribution in [0.2, 0.25) is 0 Å². The molecule has 2 aromatic carbocycles. The molecular weight excluding hydrogens is 324 g/mol. The van der Waals surface area contributed by atoms with Crippen molar-refractivity contribution in [1.29, 1.82) is 0 Å². The second kappa shape index (κ2) is 6.64. The van der Waals surface area contributed by atoms with Crippen LogP contribution in [0.5, 0.6) is 11.5 Å². The van der Waals surface area contributed by atoms with Crippen molar-refractivity contribution in [2.24, 2.45) is 11.3 Å². The van der Waals surface area contributed by atoms with E-state index in [1.54, 1.807) is 0 Å². The zero-order valence-corrected chi connectivity index (χ0v) is 16.1. The Kier molecular flexibility index (Phi) is 4.66. The van der Waals surface area contributed by atoms with Crippen LogP contribution in [0, 0.1) is 11.3 Å². The maximum absolute atomic E-state index is 12.9. The summed E-state index contributed by atoms with van der Waals surface area (Å²) in [5, 5.41) is 0. The zero-order valence-electron chi connectivity index (χ0n) is 16.1. The molecule has 1 aliphatic rings. The van der Waals surface area contributed by atoms with Gasteiger partial charge in [-0.05, 0) is 49.1 Å². The normalized spacial score (nSPS) is 23.0. The van der Waals surface area contributed by atoms with Gasteiger partial charge in [0.15, 0.2) is 0 Å². The van der Waals surface area contributed by atoms with E-state index in [1.807, 2.05) is 54.6 Å². The minimum atomic E-state index is -0.685. The van der Waals surface area contributed by atoms with Crippen molar-refractivity contribution in [3.8, 4) is 11.5 Å². The molecule has 0 amide bonds. The average molecular weight is 350 g/mol. The van der Waals surface area contributed by atoms with Gasteiger partial charge in [-0.3, -0.25) is 4.79 Å². The minimum Gasteiger partial charge on any atom is -0.468 e. The highest BCUT2D eigenvalue weighted by molar-refractivity contribution is 5.90. The molecule has 2 atom stereocenters. The molecule has 1 fully saturated rings. The summed E-state index contributed by atoms with van der Waals surface area (Å²) in [6.45, 7) is 8.37. The number of benzene rings is 2. The van der Waals surface area contributed by atoms with Crippen LogP contribution in [0.1, 0.15) is 33.3 Å². The number of para-hydroxylation sites is 1. The molecule has 3 rings (SSSR count). The van der Waals surface area contributed by atoms with Crippen LogP contribution in [0.4, 0.5) is 0 Å². The number of esters is 1. The number of hydrogen-bond donors (Lipinski definition) is 0. The van der Waals surface area contributed by atoms with Crippen LogP contribution in [0.15, 0.2) is 66.2 Å². The topological polar surface area (TPSA) is 35.5 Å². The third-order valence-corrected chi connectivity index (χ3v) is 5.45. The third kappa shape index (κ3) is 2.82. The summed E-state index contributed by atoms with van der Waals surface area (Å²) in [6.07, 6.45) is 2.18. The largest absolute Gasteiger partial charge is 0.468 e. The molecule has 3 heteroatoms. The first-order valence-corrected chi connectivity index (χ1v) is 8.91. The Balaban J connectivity index is 2.03. The summed E-state index contributed by atoms with van der Waals surface area (Å²) in [7, 11) is 1.46. The quantitative estimate of drug-likeness (QED) is 0.527. The Hall–Kier alpha value is -2.55. The highest BCUT2D eigenvalue weighted by Crippen LogP contribution is 2.71. The first-order valence-electron chi connectivity index (χ1n) is 8.91. The molecule has 136 valence electrons. The number of allylic oxidation sites excluding steroid dienone is 2. The van der Waals surface area contributed by atoms with Crippen LogP contribution in [0.25, 0.3) is 0 Å². The molecule has 2 aromatic rings. The molecule has 0 bridgehead atoms. The second-order valence-electron chi connectivity index (χ2n) is 7.69. The van der Waals surface area contributed by atoms with Gasteiger partial charge in [-0.25, -0.2) is 0 Å². The van der Waals surface area contributed by atoms with Crippen molar-refractivity contribution in [3.05, 3.63) is 71.8 Å². The van der Waals surface area contributed by atoms with Crippen LogP contribution in [-0.2, 0) is 14.9 Å². The van der Waals surface area contributed by atoms with Crippen molar-refractivity contribution >= 4 is 5.97 Å². The lowest BCUT2D eigenvalue weighted by atomic mass is 9.87. The van der Waals surface area contributed by atoms with Gasteiger partial charge in [0.25, 0.3) is 0 Å². The third-order valence-electron chi connectivity index (χ3n) is 5.45. The summed E-state index contributed by atoms with van der Waals surface area (Å²) in [6, 6.07) is 17.4. The zero-order chi connectivity index (χ0) is 18.9. The fourth-order valence-electron chi connectivity index (χ4n) is 4.12. The van der Waals surface area contributed by atoms with Crippen molar-refractivity contribution in [2.45, 2.75) is 33.1 Å². The lowest BCUT2D eigenvalue weighted by molar-refractivity contribution is -0.144. The van der Waals surface area contributed by atoms with Crippen LogP contribution in [0.3, 0.4) is 0 Å². The molecule has 0 N–H and O–H groups in total. The van der Waals surface area contributed by atoms with Gasteiger partial charge < -0.3 is 9.47 Å². The molecule has 2 unspecified atom stereocenters. The maximum Gasteiger partial charge on any atom is 0.317 e. The molecule has 1 aliphatic carbocycles. The van der Waals surface area contributed by atoms with E-state index in [2.05, 4.69) is 33.8 Å². The van der Waals surface area contributed by atoms with Gasteiger partial charge >= 0.3 is 5.97 Å². The van der Waals surface area contributed by atoms with Gasteiger partial charge in [0, 0.05) is 5.92 Å². The Bertz CT molecular complexity index is 832. The van der Waals surface area contributed by atoms with Crippen LogP contribution >= 0.6 is 0 Å². The molecule has 0 heterocycles. The Morgan fingerprint density at radius 2 is 1.65 bits per heavy atom. The number of methoxy groups -OCH3 is 1. The first-order chi connectivity index (χ1) is 12.3. The standard InChI is InChI=1S/C23H26O3/c1-16(2)14-20-22(3,4)23(20,21(24)25-5)17-10-9-13-19(15-17)26-18-11-7-6-8-12-18/h6-15,20H,1-5H3. The molecule has 26 heavy (non-hydrogen) atoms. The monoisotopic (exact) mass is 350 g/mol. The predicted molar refractivity (Wildman–Crippen MR) is 103 cm³/mol. The number of carbonyl (C=O) groups is 1. The van der Waals surface area contributed by atoms with Crippen molar-refractivity contribution < 1.29 is 14.3 Å². The molecular formula is C23H26O3. The van der Waals surface area contributed by atoms with Crippen molar-refractivity contribution in [1.82, 2.24) is 0 Å². The van der Waals surface area contributed by atoms with Gasteiger partial charge in [-0.15, -0.1) is 0 Å². The van der Waals surface area contributed by atoms with E-state index in [0.717, 1.165) is 17.1 Å². The van der Waals surface area contributed by atoms with Gasteiger partial charge in [0.1, 0.15) is 16.9 Å². The predicted octanol–water partition coefficient (Wildman–Crippen LogP) is 5.51. The summed E-state index contributed by atoms with van der Waals surface area (Å²) < 4.78 is 11.2. The van der Waals surface area contributed by atoms with E-state index >= 15 is 0 Å². The van der Waals surface area contributed by atoms with Crippen LogP contribution < -0.4 is 4.74 Å².